The van der Waals surface area contributed by atoms with Gasteiger partial charge < -0.3 is 30.6 Å². The minimum Gasteiger partial charge on any atom is -0.493 e. The van der Waals surface area contributed by atoms with E-state index in [9.17, 15) is 9.59 Å². The van der Waals surface area contributed by atoms with Crippen molar-refractivity contribution in [3.8, 4) is 22.8 Å². The van der Waals surface area contributed by atoms with Gasteiger partial charge in [0.05, 0.1) is 20.8 Å². The first-order valence-corrected chi connectivity index (χ1v) is 12.1. The number of pyridine rings is 1. The molecule has 1 aliphatic carbocycles. The Bertz CT molecular complexity index is 1230. The van der Waals surface area contributed by atoms with Crippen molar-refractivity contribution in [3.05, 3.63) is 42.1 Å². The number of hydrogen-bond acceptors (Lipinski definition) is 8. The van der Waals surface area contributed by atoms with Crippen LogP contribution in [-0.4, -0.2) is 60.7 Å². The Labute approximate surface area is 210 Å². The molecule has 0 radical (unpaired) electrons. The van der Waals surface area contributed by atoms with Gasteiger partial charge in [-0.25, -0.2) is 4.98 Å². The molecule has 3 aromatic rings. The minimum absolute atomic E-state index is 0.0338. The Morgan fingerprint density at radius 1 is 1.08 bits per heavy atom. The maximum Gasteiger partial charge on any atom is 0.325 e. The lowest BCUT2D eigenvalue weighted by Gasteiger charge is -2.26. The van der Waals surface area contributed by atoms with Crippen LogP contribution in [0.5, 0.6) is 11.5 Å². The zero-order valence-electron chi connectivity index (χ0n) is 20.9. The SMILES string of the molecule is CCOC(=O)CNc1c(-c2ccc(OC)c(OC)c2)nc2cc(C(=O)NC3CCC(N)CC3)ccn12. The number of nitrogens with two attached hydrogens (primary N) is 1. The molecular formula is C26H33N5O5. The Kier molecular flexibility index (Phi) is 7.94. The van der Waals surface area contributed by atoms with Crippen LogP contribution in [-0.2, 0) is 9.53 Å². The summed E-state index contributed by atoms with van der Waals surface area (Å²) in [4.78, 5) is 29.8. The van der Waals surface area contributed by atoms with Crippen LogP contribution in [0.25, 0.3) is 16.9 Å². The van der Waals surface area contributed by atoms with E-state index < -0.39 is 0 Å². The van der Waals surface area contributed by atoms with Crippen LogP contribution < -0.4 is 25.8 Å². The number of nitrogens with one attached hydrogen (secondary N) is 2. The van der Waals surface area contributed by atoms with Crippen LogP contribution in [0.3, 0.4) is 0 Å². The highest BCUT2D eigenvalue weighted by molar-refractivity contribution is 5.95. The molecule has 2 heterocycles. The van der Waals surface area contributed by atoms with E-state index in [4.69, 9.17) is 24.9 Å². The topological polar surface area (TPSA) is 129 Å². The molecule has 1 amide bonds. The molecule has 0 atom stereocenters. The first-order chi connectivity index (χ1) is 17.4. The average Bonchev–Trinajstić information content (AvgIpc) is 3.26. The van der Waals surface area contributed by atoms with Gasteiger partial charge in [-0.1, -0.05) is 0 Å². The van der Waals surface area contributed by atoms with Crippen molar-refractivity contribution < 1.29 is 23.8 Å². The summed E-state index contributed by atoms with van der Waals surface area (Å²) in [6, 6.07) is 9.29. The summed E-state index contributed by atoms with van der Waals surface area (Å²) in [6.45, 7) is 2.02. The summed E-state index contributed by atoms with van der Waals surface area (Å²) in [7, 11) is 3.14. The smallest absolute Gasteiger partial charge is 0.325 e. The summed E-state index contributed by atoms with van der Waals surface area (Å²) in [5, 5.41) is 6.26. The molecule has 10 heteroatoms. The number of fused-ring (bicyclic) bond motifs is 1. The number of methoxy groups -OCH3 is 2. The fourth-order valence-electron chi connectivity index (χ4n) is 4.44. The highest BCUT2D eigenvalue weighted by Crippen LogP contribution is 2.35. The average molecular weight is 496 g/mol. The van der Waals surface area contributed by atoms with Crippen molar-refractivity contribution in [2.24, 2.45) is 5.73 Å². The zero-order valence-corrected chi connectivity index (χ0v) is 20.9. The number of hydrogen-bond donors (Lipinski definition) is 3. The number of esters is 1. The third kappa shape index (κ3) is 5.54. The molecule has 10 nitrogen and oxygen atoms in total. The quantitative estimate of drug-likeness (QED) is 0.387. The van der Waals surface area contributed by atoms with Crippen LogP contribution in [0.2, 0.25) is 0 Å². The number of imidazole rings is 1. The van der Waals surface area contributed by atoms with Gasteiger partial charge >= 0.3 is 5.97 Å². The van der Waals surface area contributed by atoms with Gasteiger partial charge in [0.1, 0.15) is 23.7 Å². The predicted octanol–water partition coefficient (Wildman–Crippen LogP) is 2.99. The van der Waals surface area contributed by atoms with E-state index in [-0.39, 0.29) is 30.5 Å². The highest BCUT2D eigenvalue weighted by atomic mass is 16.5. The molecule has 36 heavy (non-hydrogen) atoms. The van der Waals surface area contributed by atoms with Gasteiger partial charge in [0.15, 0.2) is 11.5 Å². The Hall–Kier alpha value is -3.79. The van der Waals surface area contributed by atoms with E-state index in [1.807, 2.05) is 16.5 Å². The lowest BCUT2D eigenvalue weighted by molar-refractivity contribution is -0.140. The van der Waals surface area contributed by atoms with Crippen molar-refractivity contribution in [1.29, 1.82) is 0 Å². The van der Waals surface area contributed by atoms with Gasteiger partial charge in [-0.15, -0.1) is 0 Å². The van der Waals surface area contributed by atoms with E-state index in [2.05, 4.69) is 10.6 Å². The zero-order chi connectivity index (χ0) is 25.7. The van der Waals surface area contributed by atoms with Crippen molar-refractivity contribution >= 4 is 23.3 Å². The molecule has 4 N–H and O–H groups in total. The van der Waals surface area contributed by atoms with Gasteiger partial charge in [-0.3, -0.25) is 14.0 Å². The molecular weight excluding hydrogens is 462 g/mol. The Morgan fingerprint density at radius 3 is 2.53 bits per heavy atom. The van der Waals surface area contributed by atoms with Gasteiger partial charge in [0, 0.05) is 29.4 Å². The van der Waals surface area contributed by atoms with Gasteiger partial charge in [-0.05, 0) is 62.9 Å². The van der Waals surface area contributed by atoms with E-state index >= 15 is 0 Å². The van der Waals surface area contributed by atoms with Crippen LogP contribution in [0.4, 0.5) is 5.82 Å². The molecule has 0 unspecified atom stereocenters. The second-order valence-corrected chi connectivity index (χ2v) is 8.77. The first kappa shape index (κ1) is 25.3. The number of nitrogens with zero attached hydrogens (tertiary/aromatic N) is 2. The summed E-state index contributed by atoms with van der Waals surface area (Å²) < 4.78 is 17.7. The molecule has 0 saturated heterocycles. The van der Waals surface area contributed by atoms with Crippen LogP contribution in [0, 0.1) is 0 Å². The summed E-state index contributed by atoms with van der Waals surface area (Å²) in [6.07, 6.45) is 5.35. The fraction of sp³-hybridized carbons (Fsp3) is 0.423. The van der Waals surface area contributed by atoms with E-state index in [1.165, 1.54) is 0 Å². The van der Waals surface area contributed by atoms with E-state index in [1.54, 1.807) is 45.5 Å². The molecule has 192 valence electrons. The maximum atomic E-state index is 13.0. The lowest BCUT2D eigenvalue weighted by Crippen LogP contribution is -2.40. The van der Waals surface area contributed by atoms with E-state index in [0.29, 0.717) is 40.8 Å². The lowest BCUT2D eigenvalue weighted by atomic mass is 9.91. The summed E-state index contributed by atoms with van der Waals surface area (Å²) in [5.74, 6) is 1.21. The van der Waals surface area contributed by atoms with Crippen LogP contribution in [0.15, 0.2) is 36.5 Å². The number of ether oxygens (including phenoxy) is 3. The normalized spacial score (nSPS) is 17.4. The van der Waals surface area contributed by atoms with Crippen LogP contribution >= 0.6 is 0 Å². The highest BCUT2D eigenvalue weighted by Gasteiger charge is 2.22. The monoisotopic (exact) mass is 495 g/mol. The third-order valence-corrected chi connectivity index (χ3v) is 6.36. The summed E-state index contributed by atoms with van der Waals surface area (Å²) >= 11 is 0. The number of carbonyl (C=O) groups excluding carboxylic acids is 2. The van der Waals surface area contributed by atoms with Crippen molar-refractivity contribution in [2.75, 3.05) is 32.7 Å². The molecule has 0 aliphatic heterocycles. The van der Waals surface area contributed by atoms with Crippen molar-refractivity contribution in [3.63, 3.8) is 0 Å². The predicted molar refractivity (Wildman–Crippen MR) is 137 cm³/mol. The van der Waals surface area contributed by atoms with Gasteiger partial charge in [-0.2, -0.15) is 0 Å². The second-order valence-electron chi connectivity index (χ2n) is 8.77. The minimum atomic E-state index is -0.381. The first-order valence-electron chi connectivity index (χ1n) is 12.1. The molecule has 1 aliphatic rings. The number of anilines is 1. The molecule has 0 spiro atoms. The standard InChI is InChI=1S/C26H33N5O5/c1-4-36-23(32)15-28-25-24(16-5-10-20(34-2)21(13-16)35-3)30-22-14-17(11-12-31(22)25)26(33)29-19-8-6-18(27)7-9-19/h5,10-14,18-19,28H,4,6-9,15,27H2,1-3H3,(H,29,33). The van der Waals surface area contributed by atoms with E-state index in [0.717, 1.165) is 31.2 Å². The van der Waals surface area contributed by atoms with Gasteiger partial charge in [0.2, 0.25) is 0 Å². The molecule has 1 aromatic carbocycles. The van der Waals surface area contributed by atoms with Gasteiger partial charge in [0.25, 0.3) is 5.91 Å². The number of rotatable bonds is 9. The summed E-state index contributed by atoms with van der Waals surface area (Å²) in [5.41, 5.74) is 8.41. The number of amides is 1. The number of carbonyl (C=O) groups is 2. The van der Waals surface area contributed by atoms with Crippen molar-refractivity contribution in [2.45, 2.75) is 44.7 Å². The number of benzene rings is 1. The maximum absolute atomic E-state index is 13.0. The Morgan fingerprint density at radius 2 is 1.83 bits per heavy atom. The third-order valence-electron chi connectivity index (χ3n) is 6.36. The molecule has 0 bridgehead atoms. The molecule has 4 rings (SSSR count). The van der Waals surface area contributed by atoms with Crippen molar-refractivity contribution in [1.82, 2.24) is 14.7 Å². The molecule has 1 saturated carbocycles. The second kappa shape index (κ2) is 11.3. The largest absolute Gasteiger partial charge is 0.493 e. The number of aromatic nitrogens is 2. The fourth-order valence-corrected chi connectivity index (χ4v) is 4.44. The molecule has 2 aromatic heterocycles. The van der Waals surface area contributed by atoms with Crippen LogP contribution in [0.1, 0.15) is 43.0 Å². The Balaban J connectivity index is 1.67. The molecule has 1 fully saturated rings.